The fourth-order valence-electron chi connectivity index (χ4n) is 2.30. The Balaban J connectivity index is 1.92. The van der Waals surface area contributed by atoms with Gasteiger partial charge in [-0.1, -0.05) is 25.1 Å². The van der Waals surface area contributed by atoms with Gasteiger partial charge in [0.2, 0.25) is 5.91 Å². The number of hydrogen-bond acceptors (Lipinski definition) is 3. The van der Waals surface area contributed by atoms with Gasteiger partial charge in [0.15, 0.2) is 0 Å². The summed E-state index contributed by atoms with van der Waals surface area (Å²) in [6, 6.07) is 8.80. The Morgan fingerprint density at radius 3 is 2.20 bits per heavy atom. The predicted octanol–water partition coefficient (Wildman–Crippen LogP) is 0.708. The third-order valence-corrected chi connectivity index (χ3v) is 3.66. The zero-order valence-electron chi connectivity index (χ0n) is 11.8. The Hall–Kier alpha value is -1.88. The molecule has 0 spiro atoms. The number of benzene rings is 1. The van der Waals surface area contributed by atoms with E-state index in [2.05, 4.69) is 0 Å². The highest BCUT2D eigenvalue weighted by atomic mass is 16.2. The molecule has 1 heterocycles. The molecule has 0 bridgehead atoms. The first-order chi connectivity index (χ1) is 9.63. The van der Waals surface area contributed by atoms with E-state index < -0.39 is 6.04 Å². The first-order valence-corrected chi connectivity index (χ1v) is 7.02. The lowest BCUT2D eigenvalue weighted by atomic mass is 10.1. The molecule has 1 saturated heterocycles. The Kier molecular flexibility index (Phi) is 4.74. The summed E-state index contributed by atoms with van der Waals surface area (Å²) in [6.45, 7) is 4.15. The summed E-state index contributed by atoms with van der Waals surface area (Å²) in [5, 5.41) is 0. The summed E-state index contributed by atoms with van der Waals surface area (Å²) >= 11 is 0. The van der Waals surface area contributed by atoms with Crippen molar-refractivity contribution in [3.8, 4) is 0 Å². The van der Waals surface area contributed by atoms with Gasteiger partial charge in [-0.3, -0.25) is 9.59 Å². The van der Waals surface area contributed by atoms with Crippen LogP contribution in [0.15, 0.2) is 30.3 Å². The van der Waals surface area contributed by atoms with Crippen LogP contribution in [0.5, 0.6) is 0 Å². The fraction of sp³-hybridized carbons (Fsp3) is 0.467. The molecule has 1 aromatic rings. The average Bonchev–Trinajstić information content (AvgIpc) is 2.53. The summed E-state index contributed by atoms with van der Waals surface area (Å²) in [5.74, 6) is 0.0109. The van der Waals surface area contributed by atoms with Crippen molar-refractivity contribution in [2.75, 3.05) is 26.2 Å². The maximum atomic E-state index is 12.3. The lowest BCUT2D eigenvalue weighted by molar-refractivity contribution is -0.134. The monoisotopic (exact) mass is 275 g/mol. The van der Waals surface area contributed by atoms with Crippen molar-refractivity contribution in [3.05, 3.63) is 35.9 Å². The van der Waals surface area contributed by atoms with Gasteiger partial charge in [0, 0.05) is 31.7 Å². The maximum absolute atomic E-state index is 12.3. The quantitative estimate of drug-likeness (QED) is 0.883. The van der Waals surface area contributed by atoms with E-state index in [4.69, 9.17) is 5.73 Å². The van der Waals surface area contributed by atoms with Gasteiger partial charge in [0.25, 0.3) is 5.91 Å². The molecule has 2 N–H and O–H groups in total. The van der Waals surface area contributed by atoms with Crippen molar-refractivity contribution in [3.63, 3.8) is 0 Å². The molecule has 1 aliphatic heterocycles. The summed E-state index contributed by atoms with van der Waals surface area (Å²) in [6.07, 6.45) is 0.641. The number of rotatable bonds is 3. The van der Waals surface area contributed by atoms with Crippen LogP contribution in [0.3, 0.4) is 0 Å². The van der Waals surface area contributed by atoms with Gasteiger partial charge >= 0.3 is 0 Å². The smallest absolute Gasteiger partial charge is 0.253 e. The molecule has 5 nitrogen and oxygen atoms in total. The number of carbonyl (C=O) groups excluding carboxylic acids is 2. The van der Waals surface area contributed by atoms with E-state index in [1.807, 2.05) is 37.3 Å². The molecule has 5 heteroatoms. The Bertz CT molecular complexity index is 467. The van der Waals surface area contributed by atoms with Gasteiger partial charge in [-0.05, 0) is 18.6 Å². The summed E-state index contributed by atoms with van der Waals surface area (Å²) in [4.78, 5) is 27.8. The molecule has 2 rings (SSSR count). The molecule has 1 atom stereocenters. The molecular formula is C15H21N3O2. The molecule has 1 aromatic carbocycles. The van der Waals surface area contributed by atoms with Crippen molar-refractivity contribution in [2.24, 2.45) is 5.73 Å². The summed E-state index contributed by atoms with van der Waals surface area (Å²) in [5.41, 5.74) is 6.45. The Morgan fingerprint density at radius 1 is 1.10 bits per heavy atom. The molecule has 2 amide bonds. The number of nitrogens with zero attached hydrogens (tertiary/aromatic N) is 2. The summed E-state index contributed by atoms with van der Waals surface area (Å²) < 4.78 is 0. The molecule has 0 aliphatic carbocycles. The van der Waals surface area contributed by atoms with Crippen molar-refractivity contribution in [1.82, 2.24) is 9.80 Å². The van der Waals surface area contributed by atoms with Crippen molar-refractivity contribution in [2.45, 2.75) is 19.4 Å². The van der Waals surface area contributed by atoms with Gasteiger partial charge in [-0.25, -0.2) is 0 Å². The second-order valence-electron chi connectivity index (χ2n) is 5.00. The zero-order chi connectivity index (χ0) is 14.5. The minimum Gasteiger partial charge on any atom is -0.338 e. The Labute approximate surface area is 119 Å². The lowest BCUT2D eigenvalue weighted by Crippen LogP contribution is -2.54. The molecule has 0 aromatic heterocycles. The van der Waals surface area contributed by atoms with Crippen LogP contribution < -0.4 is 5.73 Å². The van der Waals surface area contributed by atoms with E-state index in [-0.39, 0.29) is 11.8 Å². The topological polar surface area (TPSA) is 66.6 Å². The van der Waals surface area contributed by atoms with Gasteiger partial charge in [-0.15, -0.1) is 0 Å². The molecular weight excluding hydrogens is 254 g/mol. The molecule has 1 unspecified atom stereocenters. The van der Waals surface area contributed by atoms with Crippen LogP contribution in [0, 0.1) is 0 Å². The minimum atomic E-state index is -0.425. The van der Waals surface area contributed by atoms with Crippen LogP contribution in [-0.4, -0.2) is 53.8 Å². The maximum Gasteiger partial charge on any atom is 0.253 e. The highest BCUT2D eigenvalue weighted by Gasteiger charge is 2.26. The van der Waals surface area contributed by atoms with Crippen molar-refractivity contribution >= 4 is 11.8 Å². The van der Waals surface area contributed by atoms with Gasteiger partial charge < -0.3 is 15.5 Å². The zero-order valence-corrected chi connectivity index (χ0v) is 11.8. The van der Waals surface area contributed by atoms with E-state index in [9.17, 15) is 9.59 Å². The molecule has 1 aliphatic rings. The molecule has 0 radical (unpaired) electrons. The number of carbonyl (C=O) groups is 2. The lowest BCUT2D eigenvalue weighted by Gasteiger charge is -2.35. The van der Waals surface area contributed by atoms with Crippen LogP contribution in [0.1, 0.15) is 23.7 Å². The predicted molar refractivity (Wildman–Crippen MR) is 77.2 cm³/mol. The van der Waals surface area contributed by atoms with Gasteiger partial charge in [0.1, 0.15) is 0 Å². The van der Waals surface area contributed by atoms with E-state index >= 15 is 0 Å². The molecule has 20 heavy (non-hydrogen) atoms. The summed E-state index contributed by atoms with van der Waals surface area (Å²) in [7, 11) is 0. The second kappa shape index (κ2) is 6.52. The third kappa shape index (κ3) is 3.17. The van der Waals surface area contributed by atoms with Crippen LogP contribution >= 0.6 is 0 Å². The van der Waals surface area contributed by atoms with E-state index in [1.54, 1.807) is 9.80 Å². The van der Waals surface area contributed by atoms with Crippen LogP contribution in [-0.2, 0) is 4.79 Å². The number of hydrogen-bond donors (Lipinski definition) is 1. The Morgan fingerprint density at radius 2 is 1.65 bits per heavy atom. The first-order valence-electron chi connectivity index (χ1n) is 7.02. The van der Waals surface area contributed by atoms with Crippen molar-refractivity contribution in [1.29, 1.82) is 0 Å². The highest BCUT2D eigenvalue weighted by molar-refractivity contribution is 5.94. The largest absolute Gasteiger partial charge is 0.338 e. The normalized spacial score (nSPS) is 16.9. The van der Waals surface area contributed by atoms with Gasteiger partial charge in [0.05, 0.1) is 6.04 Å². The minimum absolute atomic E-state index is 0.0145. The fourth-order valence-corrected chi connectivity index (χ4v) is 2.30. The van der Waals surface area contributed by atoms with Gasteiger partial charge in [-0.2, -0.15) is 0 Å². The molecule has 0 saturated carbocycles. The second-order valence-corrected chi connectivity index (χ2v) is 5.00. The van der Waals surface area contributed by atoms with E-state index in [0.29, 0.717) is 38.2 Å². The number of amides is 2. The van der Waals surface area contributed by atoms with E-state index in [0.717, 1.165) is 0 Å². The third-order valence-electron chi connectivity index (χ3n) is 3.66. The van der Waals surface area contributed by atoms with E-state index in [1.165, 1.54) is 0 Å². The van der Waals surface area contributed by atoms with Crippen LogP contribution in [0.2, 0.25) is 0 Å². The number of nitrogens with two attached hydrogens (primary N) is 1. The first kappa shape index (κ1) is 14.5. The molecule has 1 fully saturated rings. The molecule has 108 valence electrons. The standard InChI is InChI=1S/C15H21N3O2/c1-2-13(16)15(20)18-10-8-17(9-11-18)14(19)12-6-4-3-5-7-12/h3-7,13H,2,8-11,16H2,1H3. The average molecular weight is 275 g/mol. The van der Waals surface area contributed by atoms with Crippen LogP contribution in [0.4, 0.5) is 0 Å². The SMILES string of the molecule is CCC(N)C(=O)N1CCN(C(=O)c2ccccc2)CC1. The van der Waals surface area contributed by atoms with Crippen LogP contribution in [0.25, 0.3) is 0 Å². The number of piperazine rings is 1. The van der Waals surface area contributed by atoms with Crippen molar-refractivity contribution < 1.29 is 9.59 Å². The highest BCUT2D eigenvalue weighted by Crippen LogP contribution is 2.09.